The molecule has 1 aromatic heterocycles. The van der Waals surface area contributed by atoms with E-state index in [1.54, 1.807) is 13.0 Å². The number of carbonyl (C=O) groups is 1. The highest BCUT2D eigenvalue weighted by molar-refractivity contribution is 5.71. The number of carbonyl (C=O) groups excluding carboxylic acids is 1. The van der Waals surface area contributed by atoms with Crippen molar-refractivity contribution in [3.8, 4) is 5.88 Å². The Labute approximate surface area is 81.8 Å². The Hall–Kier alpha value is -1.98. The van der Waals surface area contributed by atoms with Gasteiger partial charge in [0.15, 0.2) is 0 Å². The van der Waals surface area contributed by atoms with Gasteiger partial charge in [0.2, 0.25) is 5.88 Å². The summed E-state index contributed by atoms with van der Waals surface area (Å²) < 4.78 is 0. The fourth-order valence-corrected chi connectivity index (χ4v) is 0.578. The van der Waals surface area contributed by atoms with Crippen LogP contribution in [0.4, 0.5) is 4.79 Å². The van der Waals surface area contributed by atoms with Gasteiger partial charge in [0, 0.05) is 6.54 Å². The summed E-state index contributed by atoms with van der Waals surface area (Å²) in [6.07, 6.45) is 3.00. The van der Waals surface area contributed by atoms with Gasteiger partial charge in [0.1, 0.15) is 5.82 Å². The number of hydrogen-bond donors (Lipinski definition) is 4. The highest BCUT2D eigenvalue weighted by atomic mass is 16.3. The van der Waals surface area contributed by atoms with Gasteiger partial charge in [0.25, 0.3) is 0 Å². The number of H-pyrrole nitrogens is 1. The first kappa shape index (κ1) is 12.0. The van der Waals surface area contributed by atoms with Crippen LogP contribution in [0.3, 0.4) is 0 Å². The van der Waals surface area contributed by atoms with Gasteiger partial charge in [-0.25, -0.2) is 4.79 Å². The normalized spacial score (nSPS) is 8.36. The second-order valence-electron chi connectivity index (χ2n) is 2.38. The average molecular weight is 198 g/mol. The molecule has 0 spiro atoms. The molecule has 0 bridgehead atoms. The number of nitrogens with zero attached hydrogens (tertiary/aromatic N) is 1. The molecule has 6 heteroatoms. The number of rotatable bonds is 2. The summed E-state index contributed by atoms with van der Waals surface area (Å²) in [4.78, 5) is 16.1. The highest BCUT2D eigenvalue weighted by Gasteiger charge is 1.87. The Kier molecular flexibility index (Phi) is 5.60. The highest BCUT2D eigenvalue weighted by Crippen LogP contribution is 1.99. The van der Waals surface area contributed by atoms with Crippen LogP contribution in [0.1, 0.15) is 5.82 Å². The quantitative estimate of drug-likeness (QED) is 0.512. The van der Waals surface area contributed by atoms with E-state index in [4.69, 9.17) is 5.11 Å². The third-order valence-electron chi connectivity index (χ3n) is 1.11. The average Bonchev–Trinajstić information content (AvgIpc) is 2.47. The molecule has 0 fully saturated rings. The Bertz CT molecular complexity index is 279. The van der Waals surface area contributed by atoms with Crippen LogP contribution in [-0.2, 0) is 0 Å². The zero-order valence-corrected chi connectivity index (χ0v) is 7.95. The molecular formula is C8H14N4O2. The van der Waals surface area contributed by atoms with Crippen LogP contribution in [-0.4, -0.2) is 27.7 Å². The van der Waals surface area contributed by atoms with E-state index in [2.05, 4.69) is 27.6 Å². The Morgan fingerprint density at radius 2 is 2.57 bits per heavy atom. The molecule has 1 heterocycles. The van der Waals surface area contributed by atoms with Crippen molar-refractivity contribution < 1.29 is 9.90 Å². The van der Waals surface area contributed by atoms with E-state index in [-0.39, 0.29) is 5.88 Å². The van der Waals surface area contributed by atoms with E-state index >= 15 is 0 Å². The van der Waals surface area contributed by atoms with Crippen LogP contribution in [0.25, 0.3) is 0 Å². The first-order chi connectivity index (χ1) is 6.56. The smallest absolute Gasteiger partial charge is 0.312 e. The minimum atomic E-state index is -0.514. The third kappa shape index (κ3) is 6.71. The predicted octanol–water partition coefficient (Wildman–Crippen LogP) is 0.264. The molecule has 0 atom stereocenters. The number of nitrogens with two attached hydrogens (primary N) is 1. The fraction of sp³-hybridized carbons (Fsp3) is 0.250. The zero-order valence-electron chi connectivity index (χ0n) is 7.95. The number of aromatic amines is 1. The Morgan fingerprint density at radius 3 is 2.71 bits per heavy atom. The molecule has 2 amide bonds. The number of aryl methyl sites for hydroxylation is 1. The Morgan fingerprint density at radius 1 is 1.93 bits per heavy atom. The lowest BCUT2D eigenvalue weighted by atomic mass is 10.6. The van der Waals surface area contributed by atoms with Gasteiger partial charge in [-0.3, -0.25) is 0 Å². The molecule has 0 radical (unpaired) electrons. The SMILES string of the molecule is C=CCNC(N)=O.Cc1nc(O)c[nH]1. The maximum absolute atomic E-state index is 9.82. The number of nitrogens with one attached hydrogen (secondary N) is 2. The van der Waals surface area contributed by atoms with Gasteiger partial charge in [-0.15, -0.1) is 6.58 Å². The van der Waals surface area contributed by atoms with Gasteiger partial charge >= 0.3 is 6.03 Å². The predicted molar refractivity (Wildman–Crippen MR) is 52.8 cm³/mol. The fourth-order valence-electron chi connectivity index (χ4n) is 0.578. The molecule has 0 aliphatic heterocycles. The number of primary amides is 1. The number of amides is 2. The van der Waals surface area contributed by atoms with Crippen LogP contribution in [0.5, 0.6) is 5.88 Å². The van der Waals surface area contributed by atoms with Gasteiger partial charge in [-0.05, 0) is 6.92 Å². The molecular weight excluding hydrogens is 184 g/mol. The van der Waals surface area contributed by atoms with Gasteiger partial charge in [0.05, 0.1) is 6.20 Å². The summed E-state index contributed by atoms with van der Waals surface area (Å²) in [6, 6.07) is -0.514. The summed E-state index contributed by atoms with van der Waals surface area (Å²) in [7, 11) is 0. The molecule has 0 saturated heterocycles. The van der Waals surface area contributed by atoms with E-state index in [1.807, 2.05) is 0 Å². The topological polar surface area (TPSA) is 104 Å². The number of aromatic nitrogens is 2. The molecule has 1 rings (SSSR count). The summed E-state index contributed by atoms with van der Waals surface area (Å²) in [6.45, 7) is 5.58. The lowest BCUT2D eigenvalue weighted by Crippen LogP contribution is -2.28. The molecule has 1 aromatic rings. The molecule has 14 heavy (non-hydrogen) atoms. The lowest BCUT2D eigenvalue weighted by Gasteiger charge is -1.90. The summed E-state index contributed by atoms with van der Waals surface area (Å²) in [5, 5.41) is 10.8. The van der Waals surface area contributed by atoms with Crippen molar-refractivity contribution >= 4 is 6.03 Å². The van der Waals surface area contributed by atoms with Crippen LogP contribution in [0.2, 0.25) is 0 Å². The van der Waals surface area contributed by atoms with Crippen molar-refractivity contribution in [2.45, 2.75) is 6.92 Å². The van der Waals surface area contributed by atoms with Crippen molar-refractivity contribution in [2.75, 3.05) is 6.54 Å². The van der Waals surface area contributed by atoms with E-state index < -0.39 is 6.03 Å². The van der Waals surface area contributed by atoms with E-state index in [0.717, 1.165) is 5.82 Å². The maximum atomic E-state index is 9.82. The van der Waals surface area contributed by atoms with E-state index in [9.17, 15) is 4.79 Å². The van der Waals surface area contributed by atoms with Crippen molar-refractivity contribution in [1.82, 2.24) is 15.3 Å². The lowest BCUT2D eigenvalue weighted by molar-refractivity contribution is 0.250. The van der Waals surface area contributed by atoms with Gasteiger partial charge in [-0.2, -0.15) is 4.98 Å². The van der Waals surface area contributed by atoms with Crippen molar-refractivity contribution in [3.63, 3.8) is 0 Å². The van der Waals surface area contributed by atoms with Crippen LogP contribution < -0.4 is 11.1 Å². The molecule has 0 saturated carbocycles. The monoisotopic (exact) mass is 198 g/mol. The number of aromatic hydroxyl groups is 1. The minimum Gasteiger partial charge on any atom is -0.492 e. The molecule has 0 aliphatic carbocycles. The zero-order chi connectivity index (χ0) is 11.0. The van der Waals surface area contributed by atoms with Crippen molar-refractivity contribution in [3.05, 3.63) is 24.7 Å². The van der Waals surface area contributed by atoms with Crippen molar-refractivity contribution in [2.24, 2.45) is 5.73 Å². The molecule has 78 valence electrons. The van der Waals surface area contributed by atoms with E-state index in [1.165, 1.54) is 6.20 Å². The van der Waals surface area contributed by atoms with Crippen LogP contribution >= 0.6 is 0 Å². The van der Waals surface area contributed by atoms with Gasteiger partial charge in [-0.1, -0.05) is 6.08 Å². The second-order valence-corrected chi connectivity index (χ2v) is 2.38. The number of hydrogen-bond acceptors (Lipinski definition) is 3. The van der Waals surface area contributed by atoms with E-state index in [0.29, 0.717) is 6.54 Å². The first-order valence-electron chi connectivity index (χ1n) is 3.91. The molecule has 0 aliphatic rings. The first-order valence-corrected chi connectivity index (χ1v) is 3.91. The largest absolute Gasteiger partial charge is 0.492 e. The maximum Gasteiger partial charge on any atom is 0.312 e. The van der Waals surface area contributed by atoms with Crippen molar-refractivity contribution in [1.29, 1.82) is 0 Å². The molecule has 6 nitrogen and oxygen atoms in total. The second kappa shape index (κ2) is 6.53. The number of urea groups is 1. The Balaban J connectivity index is 0.000000241. The van der Waals surface area contributed by atoms with Crippen LogP contribution in [0.15, 0.2) is 18.9 Å². The third-order valence-corrected chi connectivity index (χ3v) is 1.11. The standard InChI is InChI=1S/C4H6N2O.C4H8N2O/c1-3-5-2-4(7)6-3;1-2-3-6-4(5)7/h2,7H,1H3,(H,5,6);2H,1,3H2,(H3,5,6,7). The molecule has 0 aromatic carbocycles. The van der Waals surface area contributed by atoms with Gasteiger partial charge < -0.3 is 21.1 Å². The molecule has 5 N–H and O–H groups in total. The number of imidazole rings is 1. The summed E-state index contributed by atoms with van der Waals surface area (Å²) in [5.74, 6) is 0.787. The van der Waals surface area contributed by atoms with Crippen LogP contribution in [0, 0.1) is 6.92 Å². The molecule has 0 unspecified atom stereocenters. The summed E-state index contributed by atoms with van der Waals surface area (Å²) >= 11 is 0. The minimum absolute atomic E-state index is 0.0532. The summed E-state index contributed by atoms with van der Waals surface area (Å²) in [5.41, 5.74) is 4.68.